The molecule has 3 heterocycles. The largest absolute Gasteiger partial charge is 0.336 e. The summed E-state index contributed by atoms with van der Waals surface area (Å²) < 4.78 is 27.9. The number of benzene rings is 1. The minimum Gasteiger partial charge on any atom is -0.336 e. The number of nitrogens with zero attached hydrogens (tertiary/aromatic N) is 2. The van der Waals surface area contributed by atoms with Gasteiger partial charge < -0.3 is 4.90 Å². The molecular formula is C21H23N3O3S3. The highest BCUT2D eigenvalue weighted by molar-refractivity contribution is 7.89. The molecule has 0 spiro atoms. The van der Waals surface area contributed by atoms with E-state index in [9.17, 15) is 13.2 Å². The van der Waals surface area contributed by atoms with Gasteiger partial charge in [-0.2, -0.15) is 0 Å². The maximum atomic E-state index is 12.9. The van der Waals surface area contributed by atoms with Gasteiger partial charge in [0.05, 0.1) is 4.90 Å². The predicted octanol–water partition coefficient (Wildman–Crippen LogP) is 3.25. The third-order valence-electron chi connectivity index (χ3n) is 5.03. The Bertz CT molecular complexity index is 1070. The van der Waals surface area contributed by atoms with Gasteiger partial charge in [0.2, 0.25) is 10.0 Å². The van der Waals surface area contributed by atoms with E-state index in [0.717, 1.165) is 24.5 Å². The van der Waals surface area contributed by atoms with Crippen molar-refractivity contribution in [2.24, 2.45) is 0 Å². The first-order chi connectivity index (χ1) is 14.5. The fraction of sp³-hybridized carbons (Fsp3) is 0.286. The third kappa shape index (κ3) is 5.16. The van der Waals surface area contributed by atoms with Crippen molar-refractivity contribution in [1.29, 1.82) is 0 Å². The summed E-state index contributed by atoms with van der Waals surface area (Å²) in [5.41, 5.74) is 0.403. The highest BCUT2D eigenvalue weighted by Gasteiger charge is 2.24. The lowest BCUT2D eigenvalue weighted by Crippen LogP contribution is -2.48. The molecule has 0 atom stereocenters. The highest BCUT2D eigenvalue weighted by Crippen LogP contribution is 2.17. The van der Waals surface area contributed by atoms with Crippen LogP contribution in [0.2, 0.25) is 0 Å². The summed E-state index contributed by atoms with van der Waals surface area (Å²) in [5, 5.41) is 3.98. The first-order valence-electron chi connectivity index (χ1n) is 9.67. The quantitative estimate of drug-likeness (QED) is 0.586. The molecule has 1 saturated heterocycles. The van der Waals surface area contributed by atoms with E-state index >= 15 is 0 Å². The van der Waals surface area contributed by atoms with E-state index in [-0.39, 0.29) is 17.3 Å². The van der Waals surface area contributed by atoms with Crippen LogP contribution in [-0.4, -0.2) is 50.3 Å². The number of carbonyl (C=O) groups is 1. The van der Waals surface area contributed by atoms with Crippen LogP contribution in [0.15, 0.2) is 64.2 Å². The molecule has 0 unspecified atom stereocenters. The molecule has 1 aliphatic heterocycles. The third-order valence-corrected chi connectivity index (χ3v) is 8.16. The van der Waals surface area contributed by atoms with Crippen LogP contribution in [0, 0.1) is 0 Å². The zero-order valence-corrected chi connectivity index (χ0v) is 18.8. The van der Waals surface area contributed by atoms with Gasteiger partial charge in [0.1, 0.15) is 0 Å². The Kier molecular flexibility index (Phi) is 6.64. The highest BCUT2D eigenvalue weighted by atomic mass is 32.2. The second-order valence-corrected chi connectivity index (χ2v) is 10.9. The van der Waals surface area contributed by atoms with Gasteiger partial charge in [-0.3, -0.25) is 9.69 Å². The molecule has 30 heavy (non-hydrogen) atoms. The van der Waals surface area contributed by atoms with Gasteiger partial charge >= 0.3 is 0 Å². The lowest BCUT2D eigenvalue weighted by Gasteiger charge is -2.34. The molecule has 158 valence electrons. The molecule has 0 bridgehead atoms. The fourth-order valence-electron chi connectivity index (χ4n) is 3.37. The van der Waals surface area contributed by atoms with E-state index in [1.807, 2.05) is 17.5 Å². The normalized spacial score (nSPS) is 15.4. The lowest BCUT2D eigenvalue weighted by molar-refractivity contribution is 0.0629. The summed E-state index contributed by atoms with van der Waals surface area (Å²) in [6.45, 7) is 4.04. The second kappa shape index (κ2) is 9.40. The molecule has 1 amide bonds. The molecule has 1 N–H and O–H groups in total. The summed E-state index contributed by atoms with van der Waals surface area (Å²) in [4.78, 5) is 19.5. The smallest absolute Gasteiger partial charge is 0.253 e. The van der Waals surface area contributed by atoms with Gasteiger partial charge in [0, 0.05) is 54.6 Å². The molecule has 1 fully saturated rings. The summed E-state index contributed by atoms with van der Waals surface area (Å²) in [5.74, 6) is -0.124. The summed E-state index contributed by atoms with van der Waals surface area (Å²) >= 11 is 3.24. The van der Waals surface area contributed by atoms with E-state index in [1.54, 1.807) is 28.4 Å². The van der Waals surface area contributed by atoms with E-state index < -0.39 is 10.0 Å². The lowest BCUT2D eigenvalue weighted by atomic mass is 10.2. The number of piperazine rings is 1. The minimum atomic E-state index is -3.68. The first-order valence-corrected chi connectivity index (χ1v) is 12.9. The number of carbonyl (C=O) groups excluding carboxylic acids is 1. The Hall–Kier alpha value is -2.04. The Morgan fingerprint density at radius 1 is 0.933 bits per heavy atom. The summed E-state index contributed by atoms with van der Waals surface area (Å²) in [6.07, 6.45) is 0. The van der Waals surface area contributed by atoms with E-state index in [1.165, 1.54) is 28.3 Å². The number of rotatable bonds is 7. The zero-order valence-electron chi connectivity index (χ0n) is 16.4. The molecule has 3 aromatic rings. The summed E-state index contributed by atoms with van der Waals surface area (Å²) in [7, 11) is -3.68. The topological polar surface area (TPSA) is 69.7 Å². The van der Waals surface area contributed by atoms with Crippen molar-refractivity contribution in [1.82, 2.24) is 14.5 Å². The fourth-order valence-corrected chi connectivity index (χ4v) is 5.91. The average Bonchev–Trinajstić information content (AvgIpc) is 3.47. The van der Waals surface area contributed by atoms with Gasteiger partial charge in [0.25, 0.3) is 5.91 Å². The predicted molar refractivity (Wildman–Crippen MR) is 120 cm³/mol. The van der Waals surface area contributed by atoms with Crippen LogP contribution in [0.25, 0.3) is 0 Å². The van der Waals surface area contributed by atoms with Crippen LogP contribution in [0.3, 0.4) is 0 Å². The number of nitrogens with one attached hydrogen (secondary N) is 1. The van der Waals surface area contributed by atoms with Crippen LogP contribution in [0.1, 0.15) is 20.1 Å². The average molecular weight is 462 g/mol. The van der Waals surface area contributed by atoms with Crippen molar-refractivity contribution in [3.8, 4) is 0 Å². The standard InChI is InChI=1S/C21H23N3O3S3/c25-21(24-10-8-23(9-11-24)16-19-6-3-13-29-19)17-4-1-7-20(14-17)30(26,27)22-15-18-5-2-12-28-18/h1-7,12-14,22H,8-11,15-16H2. The van der Waals surface area contributed by atoms with Crippen molar-refractivity contribution < 1.29 is 13.2 Å². The van der Waals surface area contributed by atoms with Crippen molar-refractivity contribution in [2.45, 2.75) is 18.0 Å². The zero-order chi connectivity index (χ0) is 21.0. The van der Waals surface area contributed by atoms with Crippen LogP contribution in [-0.2, 0) is 23.1 Å². The van der Waals surface area contributed by atoms with Crippen LogP contribution in [0.4, 0.5) is 0 Å². The second-order valence-electron chi connectivity index (χ2n) is 7.08. The molecule has 0 aliphatic carbocycles. The molecular weight excluding hydrogens is 438 g/mol. The Balaban J connectivity index is 1.38. The number of hydrogen-bond donors (Lipinski definition) is 1. The minimum absolute atomic E-state index is 0.112. The first kappa shape index (κ1) is 21.2. The molecule has 1 aliphatic rings. The van der Waals surface area contributed by atoms with E-state index in [4.69, 9.17) is 0 Å². The molecule has 0 radical (unpaired) electrons. The van der Waals surface area contributed by atoms with Crippen molar-refractivity contribution in [3.05, 3.63) is 74.6 Å². The molecule has 1 aromatic carbocycles. The van der Waals surface area contributed by atoms with Crippen molar-refractivity contribution in [2.75, 3.05) is 26.2 Å². The molecule has 6 nitrogen and oxygen atoms in total. The van der Waals surface area contributed by atoms with Crippen LogP contribution >= 0.6 is 22.7 Å². The molecule has 4 rings (SSSR count). The number of thiophene rings is 2. The van der Waals surface area contributed by atoms with Crippen molar-refractivity contribution in [3.63, 3.8) is 0 Å². The number of hydrogen-bond acceptors (Lipinski definition) is 6. The van der Waals surface area contributed by atoms with Crippen LogP contribution < -0.4 is 4.72 Å². The maximum Gasteiger partial charge on any atom is 0.253 e. The van der Waals surface area contributed by atoms with Crippen LogP contribution in [0.5, 0.6) is 0 Å². The number of amides is 1. The monoisotopic (exact) mass is 461 g/mol. The van der Waals surface area contributed by atoms with Gasteiger partial charge in [-0.25, -0.2) is 13.1 Å². The molecule has 0 saturated carbocycles. The van der Waals surface area contributed by atoms with Gasteiger partial charge in [-0.05, 0) is 41.1 Å². The maximum absolute atomic E-state index is 12.9. The molecule has 2 aromatic heterocycles. The van der Waals surface area contributed by atoms with E-state index in [2.05, 4.69) is 27.1 Å². The number of sulfonamides is 1. The SMILES string of the molecule is O=C(c1cccc(S(=O)(=O)NCc2cccs2)c1)N1CCN(Cc2cccs2)CC1. The van der Waals surface area contributed by atoms with E-state index in [0.29, 0.717) is 18.7 Å². The van der Waals surface area contributed by atoms with Gasteiger partial charge in [-0.15, -0.1) is 22.7 Å². The van der Waals surface area contributed by atoms with Gasteiger partial charge in [-0.1, -0.05) is 18.2 Å². The van der Waals surface area contributed by atoms with Crippen molar-refractivity contribution >= 4 is 38.6 Å². The Morgan fingerprint density at radius 3 is 2.30 bits per heavy atom. The molecule has 9 heteroatoms. The van der Waals surface area contributed by atoms with Gasteiger partial charge in [0.15, 0.2) is 0 Å². The Labute approximate surface area is 184 Å². The summed E-state index contributed by atoms with van der Waals surface area (Å²) in [6, 6.07) is 14.2. The Morgan fingerprint density at radius 2 is 1.63 bits per heavy atom.